The van der Waals surface area contributed by atoms with Crippen molar-refractivity contribution >= 4 is 24.2 Å². The maximum absolute atomic E-state index is 2.35. The molecule has 18 heavy (non-hydrogen) atoms. The van der Waals surface area contributed by atoms with Gasteiger partial charge in [0.05, 0.1) is 0 Å². The van der Waals surface area contributed by atoms with Gasteiger partial charge in [-0.1, -0.05) is 77.2 Å². The molecule has 1 heterocycles. The van der Waals surface area contributed by atoms with Crippen molar-refractivity contribution < 1.29 is 31.0 Å². The van der Waals surface area contributed by atoms with Gasteiger partial charge in [0.1, 0.15) is 0 Å². The Balaban J connectivity index is -0.000000853. The number of unbranched alkanes of at least 4 members (excludes halogenated alkanes) is 9. The van der Waals surface area contributed by atoms with E-state index in [0.717, 1.165) is 5.25 Å². The van der Waals surface area contributed by atoms with Crippen LogP contribution in [0, 0.1) is 0 Å². The summed E-state index contributed by atoms with van der Waals surface area (Å²) < 4.78 is 0. The summed E-state index contributed by atoms with van der Waals surface area (Å²) in [7, 11) is 0. The Labute approximate surface area is 148 Å². The van der Waals surface area contributed by atoms with Gasteiger partial charge in [-0.2, -0.15) is 0 Å². The first kappa shape index (κ1) is 21.7. The van der Waals surface area contributed by atoms with Crippen LogP contribution in [0.5, 0.6) is 0 Å². The molecule has 0 N–H and O–H groups in total. The third-order valence-corrected chi connectivity index (χ3v) is 4.45. The summed E-state index contributed by atoms with van der Waals surface area (Å²) in [4.78, 5) is 0. The molecule has 1 unspecified atom stereocenters. The predicted octanol–water partition coefficient (Wildman–Crippen LogP) is 3.46. The van der Waals surface area contributed by atoms with E-state index in [9.17, 15) is 0 Å². The van der Waals surface area contributed by atoms with E-state index in [2.05, 4.69) is 18.4 Å². The van der Waals surface area contributed by atoms with Gasteiger partial charge in [0.15, 0.2) is 0 Å². The predicted molar refractivity (Wildman–Crippen MR) is 85.3 cm³/mol. The first-order valence-corrected chi connectivity index (χ1v) is 8.20. The molecule has 0 aliphatic carbocycles. The Morgan fingerprint density at radius 2 is 1.33 bits per heavy atom. The van der Waals surface area contributed by atoms with Crippen molar-refractivity contribution in [2.24, 2.45) is 0 Å². The zero-order valence-corrected chi connectivity index (χ0v) is 16.0. The van der Waals surface area contributed by atoms with Crippen molar-refractivity contribution in [1.82, 2.24) is 0 Å². The number of halogens is 1. The summed E-state index contributed by atoms with van der Waals surface area (Å²) in [5.41, 5.74) is 0. The van der Waals surface area contributed by atoms with Crippen LogP contribution < -0.4 is 29.6 Å². The molecular weight excluding hydrogens is 271 g/mol. The second-order valence-electron chi connectivity index (χ2n) is 4.97. The third kappa shape index (κ3) is 12.4. The van der Waals surface area contributed by atoms with Crippen molar-refractivity contribution in [3.63, 3.8) is 0 Å². The van der Waals surface area contributed by atoms with Gasteiger partial charge < -0.3 is 1.43 Å². The van der Waals surface area contributed by atoms with Crippen LogP contribution in [0.4, 0.5) is 0 Å². The first-order chi connectivity index (χ1) is 7.93. The fraction of sp³-hybridized carbons (Fsp3) is 0.867. The minimum Gasteiger partial charge on any atom is -1.00 e. The number of hydrogen-bond acceptors (Lipinski definition) is 1. The molecule has 1 rings (SSSR count). The summed E-state index contributed by atoms with van der Waals surface area (Å²) in [6.45, 7) is 2.29. The average molecular weight is 301 g/mol. The fourth-order valence-corrected chi connectivity index (χ4v) is 2.87. The van der Waals surface area contributed by atoms with Gasteiger partial charge in [-0.05, 0) is 11.8 Å². The zero-order chi connectivity index (χ0) is 11.5. The van der Waals surface area contributed by atoms with Crippen molar-refractivity contribution in [3.8, 4) is 0 Å². The molecule has 3 heteroatoms. The Hall–Kier alpha value is 1.38. The Bertz CT molecular complexity index is 191. The van der Waals surface area contributed by atoms with Crippen molar-refractivity contribution in [1.29, 1.82) is 0 Å². The molecule has 0 nitrogen and oxygen atoms in total. The van der Waals surface area contributed by atoms with E-state index < -0.39 is 0 Å². The van der Waals surface area contributed by atoms with E-state index in [1.54, 1.807) is 0 Å². The van der Waals surface area contributed by atoms with Crippen LogP contribution in [0.1, 0.15) is 79.0 Å². The summed E-state index contributed by atoms with van der Waals surface area (Å²) in [5.74, 6) is 0. The van der Waals surface area contributed by atoms with Crippen molar-refractivity contribution in [3.05, 3.63) is 11.5 Å². The second-order valence-corrected chi connectivity index (χ2v) is 6.12. The SMILES string of the molecule is CCCCCCCCCCCCC1C=CS1.Cl.[H-].[Na+]. The van der Waals surface area contributed by atoms with Crippen LogP contribution in [0.25, 0.3) is 0 Å². The summed E-state index contributed by atoms with van der Waals surface area (Å²) in [6.07, 6.45) is 18.3. The van der Waals surface area contributed by atoms with Crippen LogP contribution in [0.2, 0.25) is 0 Å². The fourth-order valence-electron chi connectivity index (χ4n) is 2.19. The van der Waals surface area contributed by atoms with Crippen LogP contribution >= 0.6 is 24.2 Å². The number of thioether (sulfide) groups is 1. The van der Waals surface area contributed by atoms with Gasteiger partial charge in [-0.3, -0.25) is 0 Å². The molecule has 0 bridgehead atoms. The van der Waals surface area contributed by atoms with Crippen molar-refractivity contribution in [2.75, 3.05) is 0 Å². The van der Waals surface area contributed by atoms with Gasteiger partial charge in [0.25, 0.3) is 0 Å². The molecule has 0 fully saturated rings. The normalized spacial score (nSPS) is 16.6. The average Bonchev–Trinajstić information content (AvgIpc) is 2.23. The molecule has 0 saturated heterocycles. The topological polar surface area (TPSA) is 0 Å². The molecule has 0 aromatic rings. The molecule has 0 aromatic carbocycles. The van der Waals surface area contributed by atoms with Gasteiger partial charge in [0, 0.05) is 5.25 Å². The standard InChI is InChI=1S/C15H28S.ClH.Na.H/c1-2-3-4-5-6-7-8-9-10-11-12-15-13-14-16-15;;;/h13-15H,2-12H2,1H3;1H;;/q;;+1;-1. The molecule has 1 aliphatic rings. The Kier molecular flexibility index (Phi) is 19.8. The Morgan fingerprint density at radius 3 is 1.72 bits per heavy atom. The molecule has 0 amide bonds. The van der Waals surface area contributed by atoms with Crippen LogP contribution in [-0.2, 0) is 0 Å². The van der Waals surface area contributed by atoms with Crippen molar-refractivity contribution in [2.45, 2.75) is 82.8 Å². The quantitative estimate of drug-likeness (QED) is 0.416. The van der Waals surface area contributed by atoms with E-state index in [4.69, 9.17) is 0 Å². The maximum Gasteiger partial charge on any atom is 1.00 e. The largest absolute Gasteiger partial charge is 1.00 e. The molecule has 0 saturated carbocycles. The van der Waals surface area contributed by atoms with Gasteiger partial charge >= 0.3 is 29.6 Å². The summed E-state index contributed by atoms with van der Waals surface area (Å²) >= 11 is 2.00. The van der Waals surface area contributed by atoms with Gasteiger partial charge in [-0.15, -0.1) is 24.2 Å². The van der Waals surface area contributed by atoms with E-state index in [-0.39, 0.29) is 43.4 Å². The van der Waals surface area contributed by atoms with Gasteiger partial charge in [-0.25, -0.2) is 0 Å². The minimum atomic E-state index is 0. The van der Waals surface area contributed by atoms with E-state index in [1.807, 2.05) is 11.8 Å². The molecule has 0 spiro atoms. The van der Waals surface area contributed by atoms with E-state index in [1.165, 1.54) is 70.6 Å². The molecule has 0 radical (unpaired) electrons. The third-order valence-electron chi connectivity index (χ3n) is 3.39. The van der Waals surface area contributed by atoms with Crippen LogP contribution in [-0.4, -0.2) is 5.25 Å². The van der Waals surface area contributed by atoms with Gasteiger partial charge in [0.2, 0.25) is 0 Å². The van der Waals surface area contributed by atoms with E-state index >= 15 is 0 Å². The number of hydrogen-bond donors (Lipinski definition) is 0. The smallest absolute Gasteiger partial charge is 1.00 e. The molecule has 104 valence electrons. The minimum absolute atomic E-state index is 0. The zero-order valence-electron chi connectivity index (χ0n) is 13.3. The summed E-state index contributed by atoms with van der Waals surface area (Å²) in [6, 6.07) is 0. The maximum atomic E-state index is 2.35. The van der Waals surface area contributed by atoms with Crippen LogP contribution in [0.3, 0.4) is 0 Å². The van der Waals surface area contributed by atoms with Crippen LogP contribution in [0.15, 0.2) is 11.5 Å². The molecule has 1 atom stereocenters. The molecular formula is C15H30ClNaS. The monoisotopic (exact) mass is 300 g/mol. The summed E-state index contributed by atoms with van der Waals surface area (Å²) in [5, 5.41) is 3.09. The first-order valence-electron chi connectivity index (χ1n) is 7.25. The molecule has 0 aromatic heterocycles. The van der Waals surface area contributed by atoms with E-state index in [0.29, 0.717) is 0 Å². The second kappa shape index (κ2) is 16.4. The Morgan fingerprint density at radius 1 is 0.889 bits per heavy atom. The molecule has 1 aliphatic heterocycles. The number of rotatable bonds is 11.